The number of aliphatic imine (C=N–C) groups is 1. The van der Waals surface area contributed by atoms with E-state index < -0.39 is 98.0 Å². The molecule has 0 unspecified atom stereocenters. The van der Waals surface area contributed by atoms with Gasteiger partial charge in [0.15, 0.2) is 11.6 Å². The number of ether oxygens (including phenoxy) is 2. The van der Waals surface area contributed by atoms with Gasteiger partial charge in [-0.25, -0.2) is 22.2 Å². The van der Waals surface area contributed by atoms with E-state index in [0.29, 0.717) is 17.7 Å². The van der Waals surface area contributed by atoms with Crippen molar-refractivity contribution < 1.29 is 54.2 Å². The van der Waals surface area contributed by atoms with Crippen molar-refractivity contribution in [3.8, 4) is 11.6 Å². The van der Waals surface area contributed by atoms with Gasteiger partial charge in [-0.1, -0.05) is 46.3 Å². The van der Waals surface area contributed by atoms with Crippen LogP contribution in [0.1, 0.15) is 85.5 Å². The Balaban J connectivity index is 1.32. The van der Waals surface area contributed by atoms with Crippen molar-refractivity contribution in [1.82, 2.24) is 19.9 Å². The fourth-order valence-corrected chi connectivity index (χ4v) is 9.22. The highest BCUT2D eigenvalue weighted by Crippen LogP contribution is 2.58. The molecule has 0 radical (unpaired) electrons. The summed E-state index contributed by atoms with van der Waals surface area (Å²) < 4.78 is 109. The van der Waals surface area contributed by atoms with Crippen LogP contribution in [0.3, 0.4) is 0 Å². The number of methoxy groups -OCH3 is 1. The molecule has 5 atom stereocenters. The second kappa shape index (κ2) is 16.7. The number of alkyl halides is 4. The number of fused-ring (bicyclic) bond motifs is 1. The number of hydrogen-bond donors (Lipinski definition) is 3. The molecule has 6 rings (SSSR count). The maximum absolute atomic E-state index is 14.9. The smallest absolute Gasteiger partial charge is 0.401 e. The van der Waals surface area contributed by atoms with E-state index in [4.69, 9.17) is 15.2 Å². The number of allylic oxidation sites excluding steroid dienone is 1. The second-order valence-corrected chi connectivity index (χ2v) is 19.4. The lowest BCUT2D eigenvalue weighted by molar-refractivity contribution is -0.166. The summed E-state index contributed by atoms with van der Waals surface area (Å²) in [5, 5.41) is 3.47. The monoisotopic (exact) mass is 868 g/mol. The molecule has 1 aromatic heterocycles. The van der Waals surface area contributed by atoms with Crippen molar-refractivity contribution >= 4 is 44.4 Å². The maximum atomic E-state index is 14.9. The minimum absolute atomic E-state index is 0.00604. The summed E-state index contributed by atoms with van der Waals surface area (Å²) in [7, 11) is -3.18. The predicted molar refractivity (Wildman–Crippen MR) is 213 cm³/mol. The van der Waals surface area contributed by atoms with Gasteiger partial charge in [0.1, 0.15) is 46.4 Å². The van der Waals surface area contributed by atoms with Crippen molar-refractivity contribution in [2.24, 2.45) is 33.9 Å². The van der Waals surface area contributed by atoms with Gasteiger partial charge in [-0.05, 0) is 80.4 Å². The molecule has 3 aliphatic carbocycles. The van der Waals surface area contributed by atoms with Gasteiger partial charge in [0.2, 0.25) is 27.7 Å². The highest BCUT2D eigenvalue weighted by Gasteiger charge is 2.67. The van der Waals surface area contributed by atoms with Gasteiger partial charge in [0.05, 0.1) is 13.7 Å². The molecule has 4 aliphatic rings. The molecule has 19 heteroatoms. The van der Waals surface area contributed by atoms with E-state index in [2.05, 4.69) is 29.1 Å². The Kier molecular flexibility index (Phi) is 12.5. The fraction of sp³-hybridized carbons (Fsp3) is 0.634. The first-order valence-corrected chi connectivity index (χ1v) is 21.7. The fourth-order valence-electron chi connectivity index (χ4n) is 7.80. The number of likely N-dealkylation sites (tertiary alicyclic amines) is 1. The van der Waals surface area contributed by atoms with Gasteiger partial charge in [-0.15, -0.1) is 0 Å². The van der Waals surface area contributed by atoms with Crippen molar-refractivity contribution in [3.63, 3.8) is 0 Å². The summed E-state index contributed by atoms with van der Waals surface area (Å²) in [5.74, 6) is -5.18. The third-order valence-electron chi connectivity index (χ3n) is 12.2. The first-order chi connectivity index (χ1) is 28.1. The summed E-state index contributed by atoms with van der Waals surface area (Å²) in [6, 6.07) is 1.33. The van der Waals surface area contributed by atoms with Crippen LogP contribution < -0.4 is 25.2 Å². The highest BCUT2D eigenvalue weighted by atomic mass is 32.2. The summed E-state index contributed by atoms with van der Waals surface area (Å²) >= 11 is 0. The van der Waals surface area contributed by atoms with E-state index in [1.807, 2.05) is 10.8 Å². The standard InChI is InChI=1S/C41H53F5N6O7S/c1-23(2)9-7-6-8-10-26-20-40(26,37(55)51-60(56,57)38(22-42)12-13-38)50-33(53)30-18-27(59-34-28-19-29(43)31(58-5)17-25(28)11-16-48-34)21-52(30)35(54)32(24(3)4)49-36(47)39(14-15-39)41(44,45)46/h8,10-11,16-17,19,23-24,26-27,30,32H,6-7,9,12-15,18,20-22H2,1-5H3,(H2,47,49)(H,50,53)(H,51,55)/b10-8-/t26-,27-,30+,32+,40-/m1/s1. The lowest BCUT2D eigenvalue weighted by Crippen LogP contribution is -2.58. The molecule has 1 aliphatic heterocycles. The number of nitrogens with zero attached hydrogens (tertiary/aromatic N) is 3. The van der Waals surface area contributed by atoms with Crippen LogP contribution in [0, 0.1) is 29.0 Å². The molecule has 3 amide bonds. The van der Waals surface area contributed by atoms with Crippen LogP contribution >= 0.6 is 0 Å². The molecule has 3 saturated carbocycles. The second-order valence-electron chi connectivity index (χ2n) is 17.4. The normalized spacial score (nSPS) is 25.1. The van der Waals surface area contributed by atoms with Gasteiger partial charge in [-0.3, -0.25) is 24.1 Å². The molecule has 4 N–H and O–H groups in total. The van der Waals surface area contributed by atoms with Crippen LogP contribution in [-0.2, 0) is 24.4 Å². The minimum Gasteiger partial charge on any atom is -0.494 e. The molecule has 60 heavy (non-hydrogen) atoms. The number of aromatic nitrogens is 1. The lowest BCUT2D eigenvalue weighted by Gasteiger charge is -2.30. The highest BCUT2D eigenvalue weighted by molar-refractivity contribution is 7.91. The van der Waals surface area contributed by atoms with Crippen LogP contribution in [0.25, 0.3) is 10.8 Å². The van der Waals surface area contributed by atoms with E-state index in [0.717, 1.165) is 23.8 Å². The topological polar surface area (TPSA) is 182 Å². The van der Waals surface area contributed by atoms with Gasteiger partial charge in [0, 0.05) is 23.9 Å². The lowest BCUT2D eigenvalue weighted by atomic mass is 10.0. The van der Waals surface area contributed by atoms with Crippen LogP contribution in [0.4, 0.5) is 22.0 Å². The Morgan fingerprint density at radius 3 is 2.42 bits per heavy atom. The number of sulfonamides is 1. The predicted octanol–water partition coefficient (Wildman–Crippen LogP) is 5.66. The van der Waals surface area contributed by atoms with Gasteiger partial charge in [-0.2, -0.15) is 13.2 Å². The molecule has 1 aromatic carbocycles. The number of nitrogens with one attached hydrogen (secondary N) is 2. The third-order valence-corrected chi connectivity index (χ3v) is 14.3. The van der Waals surface area contributed by atoms with Gasteiger partial charge < -0.3 is 25.4 Å². The SMILES string of the molecule is COc1cc2ccnc(O[C@@H]3C[C@@H](C(=O)N[C@]4(C(=O)NS(=O)(=O)C5(CF)CC5)C[C@H]4/C=C\CCCC(C)C)N(C(=O)[C@@H](N=C(N)C4(C(F)(F)F)CC4)C(C)C)C3)c2cc1F. The summed E-state index contributed by atoms with van der Waals surface area (Å²) in [6.07, 6.45) is 0.953. The molecule has 0 bridgehead atoms. The van der Waals surface area contributed by atoms with Crippen LogP contribution in [-0.4, -0.2) is 96.8 Å². The average Bonchev–Trinajstić information content (AvgIpc) is 4.10. The van der Waals surface area contributed by atoms with Crippen molar-refractivity contribution in [3.05, 3.63) is 42.4 Å². The number of amides is 3. The Hall–Kier alpha value is -4.55. The summed E-state index contributed by atoms with van der Waals surface area (Å²) in [4.78, 5) is 52.5. The van der Waals surface area contributed by atoms with E-state index in [1.54, 1.807) is 26.0 Å². The van der Waals surface area contributed by atoms with E-state index in [-0.39, 0.29) is 62.1 Å². The molecular weight excluding hydrogens is 816 g/mol. The number of unbranched alkanes of at least 4 members (excludes halogenated alkanes) is 1. The Bertz CT molecular complexity index is 2160. The van der Waals surface area contributed by atoms with Crippen LogP contribution in [0.5, 0.6) is 11.6 Å². The summed E-state index contributed by atoms with van der Waals surface area (Å²) in [6.45, 7) is 5.80. The van der Waals surface area contributed by atoms with Crippen LogP contribution in [0.15, 0.2) is 41.5 Å². The molecular formula is C41H53F5N6O7S. The number of pyridine rings is 1. The molecule has 1 saturated heterocycles. The maximum Gasteiger partial charge on any atom is 0.401 e. The number of carbonyl (C=O) groups is 3. The van der Waals surface area contributed by atoms with Crippen molar-refractivity contribution in [2.75, 3.05) is 20.3 Å². The molecule has 13 nitrogen and oxygen atoms in total. The molecule has 2 heterocycles. The minimum atomic E-state index is -4.70. The van der Waals surface area contributed by atoms with E-state index in [9.17, 15) is 44.8 Å². The van der Waals surface area contributed by atoms with E-state index in [1.165, 1.54) is 19.4 Å². The Labute approximate surface area is 346 Å². The Morgan fingerprint density at radius 2 is 1.83 bits per heavy atom. The van der Waals surface area contributed by atoms with Gasteiger partial charge >= 0.3 is 6.18 Å². The van der Waals surface area contributed by atoms with E-state index >= 15 is 0 Å². The number of carbonyl (C=O) groups excluding carboxylic acids is 3. The zero-order valence-corrected chi connectivity index (χ0v) is 35.1. The molecule has 2 aromatic rings. The zero-order valence-electron chi connectivity index (χ0n) is 34.3. The number of halogens is 5. The molecule has 4 fully saturated rings. The Morgan fingerprint density at radius 1 is 1.13 bits per heavy atom. The number of hydrogen-bond acceptors (Lipinski definition) is 9. The van der Waals surface area contributed by atoms with Crippen LogP contribution in [0.2, 0.25) is 0 Å². The zero-order chi connectivity index (χ0) is 44.0. The number of rotatable bonds is 18. The van der Waals surface area contributed by atoms with Crippen molar-refractivity contribution in [1.29, 1.82) is 0 Å². The number of amidine groups is 1. The molecule has 0 spiro atoms. The number of nitrogens with two attached hydrogens (primary N) is 1. The summed E-state index contributed by atoms with van der Waals surface area (Å²) in [5.41, 5.74) is 1.82. The average molecular weight is 869 g/mol. The first-order valence-electron chi connectivity index (χ1n) is 20.3. The third kappa shape index (κ3) is 8.77. The van der Waals surface area contributed by atoms with Crippen molar-refractivity contribution in [2.45, 2.75) is 120 Å². The first kappa shape index (κ1) is 45.0. The molecule has 330 valence electrons. The van der Waals surface area contributed by atoms with Gasteiger partial charge in [0.25, 0.3) is 5.91 Å². The largest absolute Gasteiger partial charge is 0.494 e. The number of benzene rings is 1. The quantitative estimate of drug-likeness (QED) is 0.0560.